The summed E-state index contributed by atoms with van der Waals surface area (Å²) in [6, 6.07) is 54.5. The van der Waals surface area contributed by atoms with Gasteiger partial charge in [-0.25, -0.2) is 0 Å². The van der Waals surface area contributed by atoms with Crippen LogP contribution in [0.4, 0.5) is 0 Å². The average Bonchev–Trinajstić information content (AvgIpc) is 3.72. The molecule has 2 unspecified atom stereocenters. The molecule has 2 aliphatic carbocycles. The fourth-order valence-electron chi connectivity index (χ4n) is 7.00. The van der Waals surface area contributed by atoms with E-state index in [0.29, 0.717) is 0 Å². The van der Waals surface area contributed by atoms with Crippen molar-refractivity contribution in [2.45, 2.75) is 25.0 Å². The van der Waals surface area contributed by atoms with Crippen LogP contribution in [0.15, 0.2) is 158 Å². The van der Waals surface area contributed by atoms with Gasteiger partial charge in [-0.1, -0.05) is 158 Å². The average molecular weight is 763 g/mol. The van der Waals surface area contributed by atoms with Gasteiger partial charge in [0.2, 0.25) is 0 Å². The Balaban J connectivity index is 0.000000250. The molecule has 0 aromatic heterocycles. The molecule has 0 saturated carbocycles. The van der Waals surface area contributed by atoms with Crippen molar-refractivity contribution >= 4 is 23.3 Å². The maximum atomic E-state index is 9.76. The fourth-order valence-corrected chi connectivity index (χ4v) is 7.00. The normalized spacial score (nSPS) is 14.8. The second-order valence-corrected chi connectivity index (χ2v) is 11.8. The van der Waals surface area contributed by atoms with Crippen LogP contribution in [-0.4, -0.2) is 10.2 Å². The van der Waals surface area contributed by atoms with Crippen LogP contribution in [0.25, 0.3) is 23.3 Å². The zero-order valence-corrected chi connectivity index (χ0v) is 32.0. The summed E-state index contributed by atoms with van der Waals surface area (Å²) >= 11 is 0. The van der Waals surface area contributed by atoms with Crippen molar-refractivity contribution < 1.29 is 78.5 Å². The van der Waals surface area contributed by atoms with Gasteiger partial charge < -0.3 is 35.0 Å². The molecule has 6 aromatic rings. The maximum absolute atomic E-state index is 9.76. The molecular weight excluding hydrogens is 727 g/mol. The van der Waals surface area contributed by atoms with Crippen molar-refractivity contribution in [3.8, 4) is 0 Å². The second-order valence-electron chi connectivity index (χ2n) is 11.8. The maximum Gasteiger partial charge on any atom is 0.0684 e. The molecule has 2 nitrogen and oxygen atoms in total. The zero-order valence-electron chi connectivity index (χ0n) is 27.4. The van der Waals surface area contributed by atoms with Crippen LogP contribution in [0.1, 0.15) is 67.5 Å². The molecule has 6 heteroatoms. The first-order valence-corrected chi connectivity index (χ1v) is 15.9. The molecule has 0 amide bonds. The first-order valence-electron chi connectivity index (χ1n) is 15.9. The Morgan fingerprint density at radius 2 is 0.660 bits per heavy atom. The van der Waals surface area contributed by atoms with Crippen LogP contribution in [0.3, 0.4) is 0 Å². The molecular formula is C44H36Cl2O2Ti2-2. The SMILES string of the molecule is OCc1ccccc1C1C(c2ccccc2)=Cc2ccccc21.OCc1ccccc1C1C(c2ccccc2)=Cc2ccccc21.[Cl-].[Cl-].[Ti].[Ti]. The molecule has 2 atom stereocenters. The van der Waals surface area contributed by atoms with Crippen molar-refractivity contribution in [1.82, 2.24) is 0 Å². The van der Waals surface area contributed by atoms with Gasteiger partial charge in [-0.15, -0.1) is 0 Å². The Kier molecular flexibility index (Phi) is 15.9. The van der Waals surface area contributed by atoms with Crippen LogP contribution < -0.4 is 24.8 Å². The van der Waals surface area contributed by atoms with Gasteiger partial charge in [-0.2, -0.15) is 0 Å². The molecule has 2 N–H and O–H groups in total. The van der Waals surface area contributed by atoms with Gasteiger partial charge in [-0.05, 0) is 78.9 Å². The minimum absolute atomic E-state index is 0. The summed E-state index contributed by atoms with van der Waals surface area (Å²) in [5.74, 6) is 0.355. The van der Waals surface area contributed by atoms with Crippen LogP contribution in [0.2, 0.25) is 0 Å². The van der Waals surface area contributed by atoms with Gasteiger partial charge >= 0.3 is 0 Å². The van der Waals surface area contributed by atoms with Gasteiger partial charge in [0.25, 0.3) is 0 Å². The van der Waals surface area contributed by atoms with E-state index in [1.54, 1.807) is 0 Å². The van der Waals surface area contributed by atoms with Crippen molar-refractivity contribution in [2.24, 2.45) is 0 Å². The topological polar surface area (TPSA) is 40.5 Å². The molecule has 0 heterocycles. The van der Waals surface area contributed by atoms with E-state index in [-0.39, 0.29) is 93.3 Å². The summed E-state index contributed by atoms with van der Waals surface area (Å²) in [5, 5.41) is 19.5. The van der Waals surface area contributed by atoms with E-state index in [1.807, 2.05) is 36.4 Å². The number of hydrogen-bond acceptors (Lipinski definition) is 2. The summed E-state index contributed by atoms with van der Waals surface area (Å²) in [4.78, 5) is 0. The monoisotopic (exact) mass is 762 g/mol. The van der Waals surface area contributed by atoms with Crippen LogP contribution >= 0.6 is 0 Å². The van der Waals surface area contributed by atoms with Crippen molar-refractivity contribution in [1.29, 1.82) is 0 Å². The van der Waals surface area contributed by atoms with Crippen LogP contribution in [0.5, 0.6) is 0 Å². The van der Waals surface area contributed by atoms with Gasteiger partial charge in [0, 0.05) is 55.3 Å². The Morgan fingerprint density at radius 1 is 0.360 bits per heavy atom. The van der Waals surface area contributed by atoms with E-state index in [2.05, 4.69) is 133 Å². The van der Waals surface area contributed by atoms with Crippen molar-refractivity contribution in [2.75, 3.05) is 0 Å². The Bertz CT molecular complexity index is 1900. The molecule has 2 aliphatic rings. The van der Waals surface area contributed by atoms with E-state index in [0.717, 1.165) is 11.1 Å². The number of halogens is 2. The predicted octanol–water partition coefficient (Wildman–Crippen LogP) is 3.73. The summed E-state index contributed by atoms with van der Waals surface area (Å²) in [6.45, 7) is 0.133. The molecule has 6 aromatic carbocycles. The zero-order chi connectivity index (χ0) is 31.3. The fraction of sp³-hybridized carbons (Fsp3) is 0.0909. The number of allylic oxidation sites excluding steroid dienone is 2. The van der Waals surface area contributed by atoms with Gasteiger partial charge in [-0.3, -0.25) is 0 Å². The predicted molar refractivity (Wildman–Crippen MR) is 190 cm³/mol. The second kappa shape index (κ2) is 19.4. The quantitative estimate of drug-likeness (QED) is 0.254. The number of aliphatic hydroxyl groups is 2. The summed E-state index contributed by atoms with van der Waals surface area (Å²) in [6.07, 6.45) is 4.56. The van der Waals surface area contributed by atoms with E-state index in [4.69, 9.17) is 0 Å². The van der Waals surface area contributed by atoms with E-state index < -0.39 is 0 Å². The minimum atomic E-state index is 0. The molecule has 50 heavy (non-hydrogen) atoms. The molecule has 0 radical (unpaired) electrons. The van der Waals surface area contributed by atoms with Gasteiger partial charge in [0.1, 0.15) is 0 Å². The summed E-state index contributed by atoms with van der Waals surface area (Å²) < 4.78 is 0. The third-order valence-electron chi connectivity index (χ3n) is 9.15. The van der Waals surface area contributed by atoms with Crippen molar-refractivity contribution in [3.05, 3.63) is 213 Å². The molecule has 0 fully saturated rings. The summed E-state index contributed by atoms with van der Waals surface area (Å²) in [5.41, 5.74) is 14.6. The molecule has 0 saturated heterocycles. The van der Waals surface area contributed by atoms with Crippen LogP contribution in [0, 0.1) is 0 Å². The third kappa shape index (κ3) is 8.43. The van der Waals surface area contributed by atoms with E-state index in [1.165, 1.54) is 55.7 Å². The Hall–Kier alpha value is -3.27. The molecule has 0 spiro atoms. The first kappa shape index (κ1) is 41.2. The smallest absolute Gasteiger partial charge is 0.0684 e. The molecule has 0 aliphatic heterocycles. The minimum Gasteiger partial charge on any atom is -1.00 e. The van der Waals surface area contributed by atoms with Crippen molar-refractivity contribution in [3.63, 3.8) is 0 Å². The molecule has 0 bridgehead atoms. The third-order valence-corrected chi connectivity index (χ3v) is 9.15. The van der Waals surface area contributed by atoms with E-state index in [9.17, 15) is 10.2 Å². The number of benzene rings is 6. The molecule has 248 valence electrons. The molecule has 8 rings (SSSR count). The summed E-state index contributed by atoms with van der Waals surface area (Å²) in [7, 11) is 0. The Labute approximate surface area is 337 Å². The van der Waals surface area contributed by atoms with E-state index >= 15 is 0 Å². The standard InChI is InChI=1S/2C22H18O.2ClH.2Ti/c2*23-15-18-11-5-7-13-20(18)22-19-12-6-4-10-17(19)14-21(22)16-8-2-1-3-9-16;;;;/h2*1-14,22-23H,15H2;2*1H;;/p-2. The first-order chi connectivity index (χ1) is 22.8. The largest absolute Gasteiger partial charge is 1.00 e. The number of fused-ring (bicyclic) bond motifs is 2. The number of aliphatic hydroxyl groups excluding tert-OH is 2. The number of rotatable bonds is 6. The van der Waals surface area contributed by atoms with Gasteiger partial charge in [0.05, 0.1) is 13.2 Å². The number of hydrogen-bond donors (Lipinski definition) is 2. The van der Waals surface area contributed by atoms with Crippen LogP contribution in [-0.2, 0) is 56.6 Å². The Morgan fingerprint density at radius 3 is 1.02 bits per heavy atom. The van der Waals surface area contributed by atoms with Gasteiger partial charge in [0.15, 0.2) is 0 Å².